The van der Waals surface area contributed by atoms with E-state index in [-0.39, 0.29) is 5.91 Å². The van der Waals surface area contributed by atoms with Crippen molar-refractivity contribution in [3.8, 4) is 0 Å². The Morgan fingerprint density at radius 2 is 2.17 bits per heavy atom. The summed E-state index contributed by atoms with van der Waals surface area (Å²) in [4.78, 5) is 12.0. The SMILES string of the molecule is CCc1ccc(C(=O)NCCCc2nnc(SC)n2CC(C)C)o1. The van der Waals surface area contributed by atoms with E-state index in [1.54, 1.807) is 17.8 Å². The van der Waals surface area contributed by atoms with Gasteiger partial charge in [0.05, 0.1) is 0 Å². The van der Waals surface area contributed by atoms with Crippen LogP contribution in [0.15, 0.2) is 21.7 Å². The number of nitrogens with one attached hydrogen (secondary N) is 1. The van der Waals surface area contributed by atoms with Crippen LogP contribution in [-0.4, -0.2) is 33.5 Å². The van der Waals surface area contributed by atoms with Crippen molar-refractivity contribution in [2.24, 2.45) is 5.92 Å². The summed E-state index contributed by atoms with van der Waals surface area (Å²) in [6.45, 7) is 7.86. The third-order valence-electron chi connectivity index (χ3n) is 3.62. The van der Waals surface area contributed by atoms with E-state index in [4.69, 9.17) is 4.42 Å². The lowest BCUT2D eigenvalue weighted by atomic mass is 10.2. The zero-order chi connectivity index (χ0) is 17.5. The molecule has 0 aliphatic carbocycles. The van der Waals surface area contributed by atoms with E-state index >= 15 is 0 Å². The number of hydrogen-bond acceptors (Lipinski definition) is 5. The molecule has 0 saturated carbocycles. The third kappa shape index (κ3) is 4.87. The first-order valence-electron chi connectivity index (χ1n) is 8.38. The number of furan rings is 1. The van der Waals surface area contributed by atoms with Crippen molar-refractivity contribution in [1.29, 1.82) is 0 Å². The van der Waals surface area contributed by atoms with Gasteiger partial charge in [0.15, 0.2) is 10.9 Å². The van der Waals surface area contributed by atoms with E-state index in [0.29, 0.717) is 18.2 Å². The van der Waals surface area contributed by atoms with Gasteiger partial charge in [0.1, 0.15) is 11.6 Å². The number of carbonyl (C=O) groups is 1. The molecule has 2 aromatic heterocycles. The van der Waals surface area contributed by atoms with Gasteiger partial charge >= 0.3 is 0 Å². The van der Waals surface area contributed by atoms with Gasteiger partial charge in [0.2, 0.25) is 0 Å². The number of hydrogen-bond donors (Lipinski definition) is 1. The number of amides is 1. The van der Waals surface area contributed by atoms with Crippen LogP contribution in [0.5, 0.6) is 0 Å². The summed E-state index contributed by atoms with van der Waals surface area (Å²) in [6, 6.07) is 3.56. The van der Waals surface area contributed by atoms with E-state index < -0.39 is 0 Å². The molecular formula is C17H26N4O2S. The summed E-state index contributed by atoms with van der Waals surface area (Å²) in [5.41, 5.74) is 0. The fourth-order valence-corrected chi connectivity index (χ4v) is 2.95. The topological polar surface area (TPSA) is 73.0 Å². The summed E-state index contributed by atoms with van der Waals surface area (Å²) in [5, 5.41) is 12.4. The standard InChI is InChI=1S/C17H26N4O2S/c1-5-13-8-9-14(23-13)16(22)18-10-6-7-15-19-20-17(24-4)21(15)11-12(2)3/h8-9,12H,5-7,10-11H2,1-4H3,(H,18,22). The Labute approximate surface area is 147 Å². The lowest BCUT2D eigenvalue weighted by Crippen LogP contribution is -2.24. The molecule has 0 aromatic carbocycles. The molecule has 2 heterocycles. The van der Waals surface area contributed by atoms with Crippen LogP contribution in [0.3, 0.4) is 0 Å². The Hall–Kier alpha value is -1.76. The van der Waals surface area contributed by atoms with E-state index in [0.717, 1.165) is 42.5 Å². The Morgan fingerprint density at radius 1 is 1.38 bits per heavy atom. The molecule has 0 fully saturated rings. The fraction of sp³-hybridized carbons (Fsp3) is 0.588. The van der Waals surface area contributed by atoms with Crippen molar-refractivity contribution in [3.05, 3.63) is 29.5 Å². The minimum Gasteiger partial charge on any atom is -0.456 e. The summed E-state index contributed by atoms with van der Waals surface area (Å²) < 4.78 is 7.63. The predicted molar refractivity (Wildman–Crippen MR) is 95.4 cm³/mol. The normalized spacial score (nSPS) is 11.2. The first-order valence-corrected chi connectivity index (χ1v) is 9.60. The lowest BCUT2D eigenvalue weighted by molar-refractivity contribution is 0.0924. The average molecular weight is 350 g/mol. The van der Waals surface area contributed by atoms with Gasteiger partial charge in [-0.05, 0) is 30.7 Å². The highest BCUT2D eigenvalue weighted by Crippen LogP contribution is 2.16. The predicted octanol–water partition coefficient (Wildman–Crippen LogP) is 3.17. The number of carbonyl (C=O) groups excluding carboxylic acids is 1. The van der Waals surface area contributed by atoms with Crippen LogP contribution in [0.4, 0.5) is 0 Å². The van der Waals surface area contributed by atoms with Crippen LogP contribution in [0.2, 0.25) is 0 Å². The van der Waals surface area contributed by atoms with Crippen LogP contribution < -0.4 is 5.32 Å². The summed E-state index contributed by atoms with van der Waals surface area (Å²) in [6.07, 6.45) is 4.41. The van der Waals surface area contributed by atoms with E-state index in [2.05, 4.69) is 33.9 Å². The maximum Gasteiger partial charge on any atom is 0.286 e. The number of aromatic nitrogens is 3. The minimum absolute atomic E-state index is 0.164. The third-order valence-corrected chi connectivity index (χ3v) is 4.29. The van der Waals surface area contributed by atoms with E-state index in [9.17, 15) is 4.79 Å². The molecule has 2 rings (SSSR count). The van der Waals surface area contributed by atoms with Crippen LogP contribution in [0, 0.1) is 5.92 Å². The van der Waals surface area contributed by atoms with Crippen molar-refractivity contribution in [2.75, 3.05) is 12.8 Å². The molecule has 0 aliphatic heterocycles. The van der Waals surface area contributed by atoms with Crippen molar-refractivity contribution in [1.82, 2.24) is 20.1 Å². The summed E-state index contributed by atoms with van der Waals surface area (Å²) >= 11 is 1.61. The molecule has 2 aromatic rings. The highest BCUT2D eigenvalue weighted by molar-refractivity contribution is 7.98. The van der Waals surface area contributed by atoms with Gasteiger partial charge in [-0.3, -0.25) is 4.79 Å². The van der Waals surface area contributed by atoms with Crippen LogP contribution >= 0.6 is 11.8 Å². The molecule has 1 N–H and O–H groups in total. The molecule has 0 unspecified atom stereocenters. The van der Waals surface area contributed by atoms with E-state index in [1.165, 1.54) is 0 Å². The highest BCUT2D eigenvalue weighted by Gasteiger charge is 2.13. The highest BCUT2D eigenvalue weighted by atomic mass is 32.2. The molecule has 0 saturated heterocycles. The molecular weight excluding hydrogens is 324 g/mol. The second-order valence-electron chi connectivity index (χ2n) is 6.09. The van der Waals surface area contributed by atoms with Crippen LogP contribution in [0.25, 0.3) is 0 Å². The minimum atomic E-state index is -0.164. The maximum absolute atomic E-state index is 12.0. The van der Waals surface area contributed by atoms with Gasteiger partial charge in [-0.15, -0.1) is 10.2 Å². The number of nitrogens with zero attached hydrogens (tertiary/aromatic N) is 3. The molecule has 1 amide bonds. The smallest absolute Gasteiger partial charge is 0.286 e. The molecule has 0 bridgehead atoms. The van der Waals surface area contributed by atoms with Crippen LogP contribution in [-0.2, 0) is 19.4 Å². The number of thioether (sulfide) groups is 1. The summed E-state index contributed by atoms with van der Waals surface area (Å²) in [7, 11) is 0. The average Bonchev–Trinajstić information content (AvgIpc) is 3.18. The lowest BCUT2D eigenvalue weighted by Gasteiger charge is -2.11. The van der Waals surface area contributed by atoms with Crippen LogP contribution in [0.1, 0.15) is 49.3 Å². The van der Waals surface area contributed by atoms with Gasteiger partial charge in [-0.25, -0.2) is 0 Å². The summed E-state index contributed by atoms with van der Waals surface area (Å²) in [5.74, 6) is 2.56. The van der Waals surface area contributed by atoms with Gasteiger partial charge in [-0.1, -0.05) is 32.5 Å². The van der Waals surface area contributed by atoms with Crippen molar-refractivity contribution in [3.63, 3.8) is 0 Å². The largest absolute Gasteiger partial charge is 0.456 e. The molecule has 0 aliphatic rings. The number of aryl methyl sites for hydroxylation is 2. The van der Waals surface area contributed by atoms with E-state index in [1.807, 2.05) is 19.2 Å². The van der Waals surface area contributed by atoms with Gasteiger partial charge in [0, 0.05) is 25.9 Å². The van der Waals surface area contributed by atoms with Crippen molar-refractivity contribution < 1.29 is 9.21 Å². The van der Waals surface area contributed by atoms with Gasteiger partial charge in [-0.2, -0.15) is 0 Å². The Balaban J connectivity index is 1.83. The van der Waals surface area contributed by atoms with Gasteiger partial charge in [0.25, 0.3) is 5.91 Å². The molecule has 6 nitrogen and oxygen atoms in total. The molecule has 0 atom stereocenters. The molecule has 0 spiro atoms. The molecule has 7 heteroatoms. The second-order valence-corrected chi connectivity index (χ2v) is 6.86. The molecule has 132 valence electrons. The quantitative estimate of drug-likeness (QED) is 0.555. The Kier molecular flexibility index (Phi) is 6.90. The first-order chi connectivity index (χ1) is 11.5. The second kappa shape index (κ2) is 8.92. The first kappa shape index (κ1) is 18.6. The molecule has 0 radical (unpaired) electrons. The van der Waals surface area contributed by atoms with Crippen molar-refractivity contribution >= 4 is 17.7 Å². The monoisotopic (exact) mass is 350 g/mol. The fourth-order valence-electron chi connectivity index (χ4n) is 2.43. The number of rotatable bonds is 9. The maximum atomic E-state index is 12.0. The Bertz CT molecular complexity index is 663. The Morgan fingerprint density at radius 3 is 2.79 bits per heavy atom. The van der Waals surface area contributed by atoms with Gasteiger partial charge < -0.3 is 14.3 Å². The van der Waals surface area contributed by atoms with Crippen molar-refractivity contribution in [2.45, 2.75) is 51.7 Å². The zero-order valence-corrected chi connectivity index (χ0v) is 15.7. The zero-order valence-electron chi connectivity index (χ0n) is 14.8. The molecule has 24 heavy (non-hydrogen) atoms.